The highest BCUT2D eigenvalue weighted by molar-refractivity contribution is 9.10. The van der Waals surface area contributed by atoms with Gasteiger partial charge in [0.25, 0.3) is 0 Å². The molecular weight excluding hydrogens is 434 g/mol. The van der Waals surface area contributed by atoms with Crippen molar-refractivity contribution in [2.45, 2.75) is 17.7 Å². The number of rotatable bonds is 9. The first-order chi connectivity index (χ1) is 13.0. The average molecular weight is 452 g/mol. The largest absolute Gasteiger partial charge is 0.494 e. The zero-order chi connectivity index (χ0) is 19.1. The second kappa shape index (κ2) is 9.07. The monoisotopic (exact) mass is 451 g/mol. The molecule has 0 aliphatic rings. The molecule has 0 amide bonds. The lowest BCUT2D eigenvalue weighted by Gasteiger charge is -2.08. The third-order valence-corrected chi connectivity index (χ3v) is 5.71. The number of unbranched alkanes of at least 4 members (excludes halogenated alkanes) is 1. The Balaban J connectivity index is 1.37. The van der Waals surface area contributed by atoms with Gasteiger partial charge in [-0.15, -0.1) is 5.10 Å². The summed E-state index contributed by atoms with van der Waals surface area (Å²) in [6.45, 7) is 0.865. The molecule has 1 heterocycles. The van der Waals surface area contributed by atoms with Gasteiger partial charge in [0.05, 0.1) is 17.2 Å². The van der Waals surface area contributed by atoms with E-state index in [4.69, 9.17) is 4.74 Å². The highest BCUT2D eigenvalue weighted by atomic mass is 79.9. The molecule has 0 radical (unpaired) electrons. The minimum Gasteiger partial charge on any atom is -0.494 e. The van der Waals surface area contributed by atoms with Gasteiger partial charge in [0.15, 0.2) is 0 Å². The Kier molecular flexibility index (Phi) is 6.54. The molecule has 0 fully saturated rings. The van der Waals surface area contributed by atoms with E-state index in [1.54, 1.807) is 28.9 Å². The number of nitrogens with zero attached hydrogens (tertiary/aromatic N) is 4. The first kappa shape index (κ1) is 19.5. The fourth-order valence-corrected chi connectivity index (χ4v) is 3.63. The van der Waals surface area contributed by atoms with Crippen LogP contribution < -0.4 is 9.46 Å². The minimum absolute atomic E-state index is 0.254. The van der Waals surface area contributed by atoms with Crippen LogP contribution in [0.5, 0.6) is 5.75 Å². The Morgan fingerprint density at radius 1 is 1.04 bits per heavy atom. The third kappa shape index (κ3) is 5.59. The van der Waals surface area contributed by atoms with Gasteiger partial charge in [-0.3, -0.25) is 0 Å². The van der Waals surface area contributed by atoms with Crippen molar-refractivity contribution in [2.24, 2.45) is 0 Å². The molecule has 3 aromatic rings. The van der Waals surface area contributed by atoms with E-state index in [1.807, 2.05) is 24.3 Å². The van der Waals surface area contributed by atoms with E-state index in [2.05, 4.69) is 36.2 Å². The molecule has 142 valence electrons. The van der Waals surface area contributed by atoms with Gasteiger partial charge in [-0.1, -0.05) is 15.9 Å². The molecular formula is C17H18BrN5O3S. The molecule has 27 heavy (non-hydrogen) atoms. The molecule has 0 aliphatic carbocycles. The molecule has 8 nitrogen and oxygen atoms in total. The minimum atomic E-state index is -3.47. The maximum Gasteiger partial charge on any atom is 0.240 e. The zero-order valence-electron chi connectivity index (χ0n) is 14.3. The summed E-state index contributed by atoms with van der Waals surface area (Å²) in [4.78, 5) is 0.254. The molecule has 0 spiro atoms. The topological polar surface area (TPSA) is 99.0 Å². The van der Waals surface area contributed by atoms with Gasteiger partial charge in [0.1, 0.15) is 12.1 Å². The summed E-state index contributed by atoms with van der Waals surface area (Å²) >= 11 is 3.29. The molecule has 0 bridgehead atoms. The summed E-state index contributed by atoms with van der Waals surface area (Å²) in [6.07, 6.45) is 2.93. The Morgan fingerprint density at radius 2 is 1.78 bits per heavy atom. The molecule has 0 saturated heterocycles. The van der Waals surface area contributed by atoms with Crippen molar-refractivity contribution in [3.8, 4) is 11.4 Å². The summed E-state index contributed by atoms with van der Waals surface area (Å²) in [5, 5.41) is 11.0. The van der Waals surface area contributed by atoms with Gasteiger partial charge < -0.3 is 4.74 Å². The van der Waals surface area contributed by atoms with E-state index >= 15 is 0 Å². The van der Waals surface area contributed by atoms with Gasteiger partial charge in [-0.05, 0) is 71.8 Å². The predicted molar refractivity (Wildman–Crippen MR) is 103 cm³/mol. The second-order valence-electron chi connectivity index (χ2n) is 5.66. The van der Waals surface area contributed by atoms with Gasteiger partial charge in [0.2, 0.25) is 10.0 Å². The number of sulfonamides is 1. The number of tetrazole rings is 1. The summed E-state index contributed by atoms with van der Waals surface area (Å²) in [6, 6.07) is 13.9. The van der Waals surface area contributed by atoms with Crippen LogP contribution in [0.15, 0.2) is 64.2 Å². The van der Waals surface area contributed by atoms with Crippen molar-refractivity contribution < 1.29 is 13.2 Å². The molecule has 1 aromatic heterocycles. The van der Waals surface area contributed by atoms with Gasteiger partial charge >= 0.3 is 0 Å². The Bertz CT molecular complexity index is 945. The number of hydrogen-bond donors (Lipinski definition) is 1. The van der Waals surface area contributed by atoms with Crippen LogP contribution in [0.2, 0.25) is 0 Å². The van der Waals surface area contributed by atoms with E-state index in [0.29, 0.717) is 19.6 Å². The van der Waals surface area contributed by atoms with Crippen LogP contribution >= 0.6 is 15.9 Å². The number of halogens is 1. The van der Waals surface area contributed by atoms with Crippen LogP contribution in [0, 0.1) is 0 Å². The Labute approximate surface area is 165 Å². The molecule has 10 heteroatoms. The molecule has 2 aromatic carbocycles. The lowest BCUT2D eigenvalue weighted by atomic mass is 10.3. The van der Waals surface area contributed by atoms with Crippen molar-refractivity contribution in [2.75, 3.05) is 13.2 Å². The smallest absolute Gasteiger partial charge is 0.240 e. The quantitative estimate of drug-likeness (QED) is 0.501. The number of hydrogen-bond acceptors (Lipinski definition) is 6. The fraction of sp³-hybridized carbons (Fsp3) is 0.235. The van der Waals surface area contributed by atoms with Gasteiger partial charge in [-0.2, -0.15) is 0 Å². The molecule has 1 N–H and O–H groups in total. The fourth-order valence-electron chi connectivity index (χ4n) is 2.30. The van der Waals surface area contributed by atoms with Gasteiger partial charge in [0, 0.05) is 11.0 Å². The normalized spacial score (nSPS) is 11.4. The van der Waals surface area contributed by atoms with Crippen molar-refractivity contribution in [1.82, 2.24) is 24.9 Å². The highest BCUT2D eigenvalue weighted by Gasteiger charge is 2.12. The molecule has 3 rings (SSSR count). The summed E-state index contributed by atoms with van der Waals surface area (Å²) in [5.74, 6) is 0.738. The Morgan fingerprint density at radius 3 is 2.44 bits per heavy atom. The zero-order valence-corrected chi connectivity index (χ0v) is 16.7. The van der Waals surface area contributed by atoms with Crippen LogP contribution in [0.3, 0.4) is 0 Å². The highest BCUT2D eigenvalue weighted by Crippen LogP contribution is 2.15. The van der Waals surface area contributed by atoms with E-state index in [0.717, 1.165) is 22.3 Å². The van der Waals surface area contributed by atoms with E-state index in [9.17, 15) is 8.42 Å². The standard InChI is InChI=1S/C17H18BrN5O3S/c18-14-3-9-17(10-4-14)27(24,25)20-11-1-2-12-26-16-7-5-15(6-8-16)23-13-19-21-22-23/h3-10,13,20H,1-2,11-12H2. The number of nitrogens with one attached hydrogen (secondary N) is 1. The van der Waals surface area contributed by atoms with Gasteiger partial charge in [-0.25, -0.2) is 17.8 Å². The first-order valence-electron chi connectivity index (χ1n) is 8.26. The van der Waals surface area contributed by atoms with E-state index < -0.39 is 10.0 Å². The number of aromatic nitrogens is 4. The van der Waals surface area contributed by atoms with E-state index in [-0.39, 0.29) is 4.90 Å². The number of ether oxygens (including phenoxy) is 1. The predicted octanol–water partition coefficient (Wildman–Crippen LogP) is 2.56. The van der Waals surface area contributed by atoms with Crippen LogP contribution in [-0.4, -0.2) is 41.8 Å². The second-order valence-corrected chi connectivity index (χ2v) is 8.34. The summed E-state index contributed by atoms with van der Waals surface area (Å²) < 4.78 is 35.0. The van der Waals surface area contributed by atoms with Crippen LogP contribution in [0.1, 0.15) is 12.8 Å². The lowest BCUT2D eigenvalue weighted by Crippen LogP contribution is -2.25. The molecule has 0 atom stereocenters. The first-order valence-corrected chi connectivity index (χ1v) is 10.5. The number of benzene rings is 2. The lowest BCUT2D eigenvalue weighted by molar-refractivity contribution is 0.307. The molecule has 0 saturated carbocycles. The summed E-state index contributed by atoms with van der Waals surface area (Å²) in [5.41, 5.74) is 0.842. The van der Waals surface area contributed by atoms with Crippen molar-refractivity contribution in [3.05, 3.63) is 59.3 Å². The Hall–Kier alpha value is -2.30. The van der Waals surface area contributed by atoms with Crippen molar-refractivity contribution in [1.29, 1.82) is 0 Å². The SMILES string of the molecule is O=S(=O)(NCCCCOc1ccc(-n2cnnn2)cc1)c1ccc(Br)cc1. The van der Waals surface area contributed by atoms with Crippen molar-refractivity contribution in [3.63, 3.8) is 0 Å². The maximum absolute atomic E-state index is 12.2. The van der Waals surface area contributed by atoms with Crippen LogP contribution in [0.4, 0.5) is 0 Å². The maximum atomic E-state index is 12.2. The third-order valence-electron chi connectivity index (χ3n) is 3.71. The molecule has 0 unspecified atom stereocenters. The van der Waals surface area contributed by atoms with Crippen LogP contribution in [-0.2, 0) is 10.0 Å². The van der Waals surface area contributed by atoms with Crippen LogP contribution in [0.25, 0.3) is 5.69 Å². The molecule has 0 aliphatic heterocycles. The average Bonchev–Trinajstić information content (AvgIpc) is 3.20. The summed E-state index contributed by atoms with van der Waals surface area (Å²) in [7, 11) is -3.47. The van der Waals surface area contributed by atoms with Crippen molar-refractivity contribution >= 4 is 26.0 Å². The van der Waals surface area contributed by atoms with E-state index in [1.165, 1.54) is 6.33 Å².